The number of nitrogens with zero attached hydrogens (tertiary/aromatic N) is 5. The molecule has 8 nitrogen and oxygen atoms in total. The second kappa shape index (κ2) is 8.97. The Morgan fingerprint density at radius 1 is 1.23 bits per heavy atom. The summed E-state index contributed by atoms with van der Waals surface area (Å²) in [6.07, 6.45) is 3.65. The van der Waals surface area contributed by atoms with Gasteiger partial charge in [0, 0.05) is 17.9 Å². The molecule has 2 aromatic carbocycles. The first kappa shape index (κ1) is 22.0. The number of benzene rings is 2. The van der Waals surface area contributed by atoms with Crippen molar-refractivity contribution in [2.45, 2.75) is 5.37 Å². The number of hydrogen-bond acceptors (Lipinski definition) is 8. The van der Waals surface area contributed by atoms with Gasteiger partial charge < -0.3 is 10.1 Å². The lowest BCUT2D eigenvalue weighted by molar-refractivity contribution is 0.412. The van der Waals surface area contributed by atoms with Crippen LogP contribution in [0, 0.1) is 28.9 Å². The Morgan fingerprint density at radius 3 is 2.71 bits per heavy atom. The van der Waals surface area contributed by atoms with Gasteiger partial charge in [0.2, 0.25) is 12.1 Å². The van der Waals surface area contributed by atoms with Crippen molar-refractivity contribution in [1.82, 2.24) is 15.0 Å². The molecule has 1 aromatic heterocycles. The smallest absolute Gasteiger partial charge is 0.227 e. The molecule has 0 amide bonds. The zero-order valence-corrected chi connectivity index (χ0v) is 17.0. The summed E-state index contributed by atoms with van der Waals surface area (Å²) >= 11 is 0. The standard InChI is InChI=1S/C19H15F3N6O2S/c1-30-15-8-11(20)6-7-12(15)17-24-10-25-19(27-17)28-18(31(2,29)26-9-23)13-4-3-5-14(21)16(13)22/h3-8,10,18H,1-2H3,(H,24,25,27,28). The molecule has 3 rings (SSSR count). The zero-order chi connectivity index (χ0) is 22.6. The predicted octanol–water partition coefficient (Wildman–Crippen LogP) is 3.65. The molecule has 0 fully saturated rings. The van der Waals surface area contributed by atoms with E-state index in [1.54, 1.807) is 0 Å². The Kier molecular flexibility index (Phi) is 6.36. The lowest BCUT2D eigenvalue weighted by atomic mass is 10.2. The molecule has 1 heterocycles. The SMILES string of the molecule is COc1cc(F)ccc1-c1ncnc(NC(c2cccc(F)c2F)S(C)(=O)=NC#N)n1. The first-order chi connectivity index (χ1) is 14.8. The van der Waals surface area contributed by atoms with Gasteiger partial charge in [-0.3, -0.25) is 0 Å². The van der Waals surface area contributed by atoms with E-state index in [0.717, 1.165) is 24.7 Å². The van der Waals surface area contributed by atoms with Crippen LogP contribution in [0.1, 0.15) is 10.9 Å². The second-order valence-corrected chi connectivity index (χ2v) is 8.57. The monoisotopic (exact) mass is 448 g/mol. The molecule has 0 saturated heterocycles. The Morgan fingerprint density at radius 2 is 2.00 bits per heavy atom. The fourth-order valence-electron chi connectivity index (χ4n) is 2.74. The Balaban J connectivity index is 2.09. The molecule has 12 heteroatoms. The molecule has 2 atom stereocenters. The molecule has 0 bridgehead atoms. The molecule has 31 heavy (non-hydrogen) atoms. The van der Waals surface area contributed by atoms with Crippen molar-refractivity contribution < 1.29 is 22.1 Å². The molecular weight excluding hydrogens is 433 g/mol. The Bertz CT molecular complexity index is 1290. The van der Waals surface area contributed by atoms with Crippen LogP contribution in [0.4, 0.5) is 19.1 Å². The molecule has 0 radical (unpaired) electrons. The van der Waals surface area contributed by atoms with Crippen LogP contribution in [0.3, 0.4) is 0 Å². The molecule has 0 saturated carbocycles. The van der Waals surface area contributed by atoms with Crippen molar-refractivity contribution in [3.8, 4) is 23.3 Å². The molecule has 160 valence electrons. The van der Waals surface area contributed by atoms with Crippen molar-refractivity contribution in [2.24, 2.45) is 4.36 Å². The van der Waals surface area contributed by atoms with Crippen LogP contribution in [0.2, 0.25) is 0 Å². The Hall–Kier alpha value is -3.72. The van der Waals surface area contributed by atoms with Gasteiger partial charge in [-0.25, -0.2) is 27.3 Å². The zero-order valence-electron chi connectivity index (χ0n) is 16.2. The number of nitrogens with one attached hydrogen (secondary N) is 1. The second-order valence-electron chi connectivity index (χ2n) is 6.20. The number of nitriles is 1. The quantitative estimate of drug-likeness (QED) is 0.573. The van der Waals surface area contributed by atoms with Gasteiger partial charge in [0.15, 0.2) is 17.5 Å². The van der Waals surface area contributed by atoms with E-state index in [-0.39, 0.29) is 23.1 Å². The van der Waals surface area contributed by atoms with Gasteiger partial charge in [0.1, 0.15) is 23.3 Å². The van der Waals surface area contributed by atoms with Gasteiger partial charge in [-0.2, -0.15) is 10.2 Å². The van der Waals surface area contributed by atoms with E-state index < -0.39 is 32.6 Å². The highest BCUT2D eigenvalue weighted by atomic mass is 32.2. The lowest BCUT2D eigenvalue weighted by Crippen LogP contribution is -2.23. The largest absolute Gasteiger partial charge is 0.496 e. The summed E-state index contributed by atoms with van der Waals surface area (Å²) in [4.78, 5) is 12.1. The number of rotatable bonds is 6. The molecule has 3 aromatic rings. The first-order valence-corrected chi connectivity index (χ1v) is 10.6. The highest BCUT2D eigenvalue weighted by Gasteiger charge is 2.27. The van der Waals surface area contributed by atoms with E-state index in [4.69, 9.17) is 10.00 Å². The van der Waals surface area contributed by atoms with E-state index in [2.05, 4.69) is 24.6 Å². The van der Waals surface area contributed by atoms with Crippen LogP contribution in [-0.2, 0) is 9.73 Å². The maximum Gasteiger partial charge on any atom is 0.227 e. The van der Waals surface area contributed by atoms with E-state index in [1.807, 2.05) is 0 Å². The Labute approximate surface area is 175 Å². The summed E-state index contributed by atoms with van der Waals surface area (Å²) in [7, 11) is -2.09. The van der Waals surface area contributed by atoms with Crippen LogP contribution >= 0.6 is 0 Å². The number of ether oxygens (including phenoxy) is 1. The van der Waals surface area contributed by atoms with E-state index in [0.29, 0.717) is 5.56 Å². The summed E-state index contributed by atoms with van der Waals surface area (Å²) in [6, 6.07) is 7.05. The van der Waals surface area contributed by atoms with Crippen LogP contribution in [0.5, 0.6) is 5.75 Å². The highest BCUT2D eigenvalue weighted by Crippen LogP contribution is 2.30. The summed E-state index contributed by atoms with van der Waals surface area (Å²) < 4.78 is 63.2. The molecule has 0 aliphatic heterocycles. The summed E-state index contributed by atoms with van der Waals surface area (Å²) in [5, 5.41) is 10.1. The molecular formula is C19H15F3N6O2S. The first-order valence-electron chi connectivity index (χ1n) is 8.59. The number of hydrogen-bond donors (Lipinski definition) is 1. The van der Waals surface area contributed by atoms with E-state index >= 15 is 0 Å². The minimum absolute atomic E-state index is 0.0765. The summed E-state index contributed by atoms with van der Waals surface area (Å²) in [5.74, 6) is -2.87. The third-order valence-electron chi connectivity index (χ3n) is 4.16. The third-order valence-corrected chi connectivity index (χ3v) is 5.85. The van der Waals surface area contributed by atoms with Gasteiger partial charge in [-0.05, 0) is 18.2 Å². The maximum absolute atomic E-state index is 14.4. The molecule has 1 N–H and O–H groups in total. The average Bonchev–Trinajstić information content (AvgIpc) is 2.74. The molecule has 0 aliphatic carbocycles. The third kappa shape index (κ3) is 4.72. The van der Waals surface area contributed by atoms with Crippen molar-refractivity contribution >= 4 is 15.7 Å². The van der Waals surface area contributed by atoms with Gasteiger partial charge in [-0.15, -0.1) is 4.36 Å². The van der Waals surface area contributed by atoms with Crippen molar-refractivity contribution in [3.63, 3.8) is 0 Å². The topological polar surface area (TPSA) is 113 Å². The number of halogens is 3. The number of methoxy groups -OCH3 is 1. The van der Waals surface area contributed by atoms with Crippen molar-refractivity contribution in [3.05, 3.63) is 65.7 Å². The van der Waals surface area contributed by atoms with Crippen LogP contribution in [0.25, 0.3) is 11.4 Å². The fourth-order valence-corrected chi connectivity index (χ4v) is 3.99. The summed E-state index contributed by atoms with van der Waals surface area (Å²) in [5.41, 5.74) is 0.00889. The predicted molar refractivity (Wildman–Crippen MR) is 107 cm³/mol. The summed E-state index contributed by atoms with van der Waals surface area (Å²) in [6.45, 7) is 0. The lowest BCUT2D eigenvalue weighted by Gasteiger charge is -2.20. The molecule has 0 aliphatic rings. The minimum Gasteiger partial charge on any atom is -0.496 e. The van der Waals surface area contributed by atoms with Gasteiger partial charge in [0.05, 0.1) is 22.4 Å². The van der Waals surface area contributed by atoms with Gasteiger partial charge >= 0.3 is 0 Å². The molecule has 2 unspecified atom stereocenters. The molecule has 0 spiro atoms. The minimum atomic E-state index is -3.44. The van der Waals surface area contributed by atoms with Crippen LogP contribution < -0.4 is 10.1 Å². The van der Waals surface area contributed by atoms with Gasteiger partial charge in [-0.1, -0.05) is 12.1 Å². The van der Waals surface area contributed by atoms with Crippen molar-refractivity contribution in [2.75, 3.05) is 18.7 Å². The van der Waals surface area contributed by atoms with Crippen molar-refractivity contribution in [1.29, 1.82) is 5.26 Å². The normalized spacial score (nSPS) is 13.5. The highest BCUT2D eigenvalue weighted by molar-refractivity contribution is 7.93. The van der Waals surface area contributed by atoms with Crippen LogP contribution in [0.15, 0.2) is 47.1 Å². The van der Waals surface area contributed by atoms with E-state index in [9.17, 15) is 17.4 Å². The fraction of sp³-hybridized carbons (Fsp3) is 0.158. The van der Waals surface area contributed by atoms with Gasteiger partial charge in [0.25, 0.3) is 0 Å². The number of anilines is 1. The van der Waals surface area contributed by atoms with Crippen LogP contribution in [-0.4, -0.2) is 32.5 Å². The average molecular weight is 448 g/mol. The van der Waals surface area contributed by atoms with E-state index in [1.165, 1.54) is 37.6 Å². The maximum atomic E-state index is 14.4. The number of aromatic nitrogens is 3.